The fourth-order valence-electron chi connectivity index (χ4n) is 3.20. The van der Waals surface area contributed by atoms with Crippen LogP contribution in [-0.2, 0) is 24.8 Å². The van der Waals surface area contributed by atoms with Crippen molar-refractivity contribution < 1.29 is 9.59 Å². The zero-order valence-electron chi connectivity index (χ0n) is 14.9. The highest BCUT2D eigenvalue weighted by Gasteiger charge is 2.23. The monoisotopic (exact) mass is 372 g/mol. The molecular formula is C19H21ClN4O2. The summed E-state index contributed by atoms with van der Waals surface area (Å²) in [5.41, 5.74) is 3.10. The van der Waals surface area contributed by atoms with Gasteiger partial charge in [-0.15, -0.1) is 0 Å². The first-order chi connectivity index (χ1) is 12.4. The normalized spacial score (nSPS) is 13.3. The lowest BCUT2D eigenvalue weighted by Gasteiger charge is -2.29. The lowest BCUT2D eigenvalue weighted by atomic mass is 9.98. The predicted molar refractivity (Wildman–Crippen MR) is 101 cm³/mol. The van der Waals surface area contributed by atoms with E-state index in [9.17, 15) is 9.59 Å². The Labute approximate surface area is 157 Å². The molecule has 0 unspecified atom stereocenters. The largest absolute Gasteiger partial charge is 0.336 e. The van der Waals surface area contributed by atoms with E-state index < -0.39 is 0 Å². The third kappa shape index (κ3) is 3.51. The van der Waals surface area contributed by atoms with Crippen molar-refractivity contribution in [1.29, 1.82) is 0 Å². The van der Waals surface area contributed by atoms with E-state index in [0.717, 1.165) is 24.1 Å². The van der Waals surface area contributed by atoms with Crippen molar-refractivity contribution in [3.63, 3.8) is 0 Å². The van der Waals surface area contributed by atoms with Gasteiger partial charge < -0.3 is 9.80 Å². The Bertz CT molecular complexity index is 874. The summed E-state index contributed by atoms with van der Waals surface area (Å²) >= 11 is 6.13. The molecule has 0 N–H and O–H groups in total. The highest BCUT2D eigenvalue weighted by molar-refractivity contribution is 6.31. The maximum absolute atomic E-state index is 12.8. The second kappa shape index (κ2) is 7.33. The van der Waals surface area contributed by atoms with Gasteiger partial charge in [0.15, 0.2) is 0 Å². The Morgan fingerprint density at radius 2 is 2.19 bits per heavy atom. The first-order valence-electron chi connectivity index (χ1n) is 8.41. The van der Waals surface area contributed by atoms with E-state index in [-0.39, 0.29) is 11.8 Å². The average molecular weight is 373 g/mol. The summed E-state index contributed by atoms with van der Waals surface area (Å²) in [5, 5.41) is 4.81. The molecule has 0 bridgehead atoms. The molecule has 7 heteroatoms. The molecule has 1 aliphatic rings. The average Bonchev–Trinajstić information content (AvgIpc) is 2.96. The van der Waals surface area contributed by atoms with Gasteiger partial charge in [-0.05, 0) is 42.7 Å². The second-order valence-corrected chi connectivity index (χ2v) is 6.81. The van der Waals surface area contributed by atoms with Crippen molar-refractivity contribution in [2.24, 2.45) is 7.05 Å². The summed E-state index contributed by atoms with van der Waals surface area (Å²) in [6.07, 6.45) is 4.73. The molecule has 0 radical (unpaired) electrons. The minimum absolute atomic E-state index is 0.110. The third-order valence-corrected chi connectivity index (χ3v) is 4.79. The van der Waals surface area contributed by atoms with Crippen LogP contribution in [0.25, 0.3) is 0 Å². The number of hydrogen-bond donors (Lipinski definition) is 0. The first-order valence-corrected chi connectivity index (χ1v) is 8.79. The summed E-state index contributed by atoms with van der Waals surface area (Å²) in [5.74, 6) is -0.228. The Hall–Kier alpha value is -2.60. The second-order valence-electron chi connectivity index (χ2n) is 6.40. The van der Waals surface area contributed by atoms with E-state index in [0.29, 0.717) is 29.4 Å². The Morgan fingerprint density at radius 3 is 2.85 bits per heavy atom. The quantitative estimate of drug-likeness (QED) is 0.775. The predicted octanol–water partition coefficient (Wildman–Crippen LogP) is 2.81. The summed E-state index contributed by atoms with van der Waals surface area (Å²) in [6, 6.07) is 5.47. The van der Waals surface area contributed by atoms with Crippen LogP contribution in [0, 0.1) is 0 Å². The van der Waals surface area contributed by atoms with Gasteiger partial charge in [0.2, 0.25) is 5.91 Å². The van der Waals surface area contributed by atoms with Gasteiger partial charge in [0.05, 0.1) is 11.6 Å². The molecule has 0 saturated carbocycles. The molecule has 1 aromatic heterocycles. The maximum atomic E-state index is 12.8. The minimum Gasteiger partial charge on any atom is -0.336 e. The lowest BCUT2D eigenvalue weighted by Crippen LogP contribution is -2.34. The number of fused-ring (bicyclic) bond motifs is 1. The Morgan fingerprint density at radius 1 is 1.42 bits per heavy atom. The number of aryl methyl sites for hydroxylation is 2. The molecule has 2 heterocycles. The molecule has 0 saturated heterocycles. The van der Waals surface area contributed by atoms with E-state index >= 15 is 0 Å². The van der Waals surface area contributed by atoms with Crippen LogP contribution in [0.15, 0.2) is 37.1 Å². The molecule has 0 spiro atoms. The molecule has 1 aliphatic heterocycles. The first kappa shape index (κ1) is 18.2. The molecule has 1 aromatic carbocycles. The molecule has 2 amide bonds. The number of halogens is 1. The molecule has 0 aliphatic carbocycles. The van der Waals surface area contributed by atoms with Gasteiger partial charge in [0.1, 0.15) is 5.69 Å². The maximum Gasteiger partial charge on any atom is 0.253 e. The zero-order chi connectivity index (χ0) is 18.8. The van der Waals surface area contributed by atoms with Gasteiger partial charge in [0, 0.05) is 38.1 Å². The molecular weight excluding hydrogens is 352 g/mol. The van der Waals surface area contributed by atoms with Crippen LogP contribution < -0.4 is 4.90 Å². The van der Waals surface area contributed by atoms with E-state index in [4.69, 9.17) is 11.6 Å². The number of nitrogens with zero attached hydrogens (tertiary/aromatic N) is 4. The van der Waals surface area contributed by atoms with Gasteiger partial charge in [-0.2, -0.15) is 5.10 Å². The molecule has 2 aromatic rings. The van der Waals surface area contributed by atoms with Crippen LogP contribution >= 0.6 is 11.6 Å². The number of anilines is 1. The smallest absolute Gasteiger partial charge is 0.253 e. The van der Waals surface area contributed by atoms with Crippen LogP contribution in [0.5, 0.6) is 0 Å². The van der Waals surface area contributed by atoms with E-state index in [1.807, 2.05) is 12.1 Å². The van der Waals surface area contributed by atoms with E-state index in [2.05, 4.69) is 11.7 Å². The molecule has 0 fully saturated rings. The number of benzene rings is 1. The van der Waals surface area contributed by atoms with Crippen LogP contribution in [-0.4, -0.2) is 40.1 Å². The summed E-state index contributed by atoms with van der Waals surface area (Å²) < 4.78 is 1.63. The van der Waals surface area contributed by atoms with Crippen molar-refractivity contribution in [1.82, 2.24) is 14.7 Å². The zero-order valence-corrected chi connectivity index (χ0v) is 15.7. The lowest BCUT2D eigenvalue weighted by molar-refractivity contribution is -0.114. The standard InChI is InChI=1S/C19H21ClN4O2/c1-4-18(25)24-9-5-6-13-10-14(7-8-17(13)24)19(26)22(2)12-16-15(20)11-23(3)21-16/h4,7-8,10-11H,1,5-6,9,12H2,2-3H3. The van der Waals surface area contributed by atoms with Crippen LogP contribution in [0.4, 0.5) is 5.69 Å². The highest BCUT2D eigenvalue weighted by atomic mass is 35.5. The van der Waals surface area contributed by atoms with Gasteiger partial charge in [-0.3, -0.25) is 14.3 Å². The molecule has 0 atom stereocenters. The van der Waals surface area contributed by atoms with E-state index in [1.54, 1.807) is 40.8 Å². The topological polar surface area (TPSA) is 58.4 Å². The summed E-state index contributed by atoms with van der Waals surface area (Å²) in [4.78, 5) is 28.1. The van der Waals surface area contributed by atoms with Crippen molar-refractivity contribution >= 4 is 29.1 Å². The summed E-state index contributed by atoms with van der Waals surface area (Å²) in [6.45, 7) is 4.56. The SMILES string of the molecule is C=CC(=O)N1CCCc2cc(C(=O)N(C)Cc3nn(C)cc3Cl)ccc21. The summed E-state index contributed by atoms with van der Waals surface area (Å²) in [7, 11) is 3.51. The molecule has 26 heavy (non-hydrogen) atoms. The van der Waals surface area contributed by atoms with Crippen LogP contribution in [0.2, 0.25) is 5.02 Å². The number of amides is 2. The van der Waals surface area contributed by atoms with Gasteiger partial charge >= 0.3 is 0 Å². The van der Waals surface area contributed by atoms with Crippen molar-refractivity contribution in [2.45, 2.75) is 19.4 Å². The number of carbonyl (C=O) groups is 2. The minimum atomic E-state index is -0.119. The Kier molecular flexibility index (Phi) is 5.13. The number of rotatable bonds is 4. The van der Waals surface area contributed by atoms with Gasteiger partial charge in [-0.1, -0.05) is 18.2 Å². The fourth-order valence-corrected chi connectivity index (χ4v) is 3.44. The highest BCUT2D eigenvalue weighted by Crippen LogP contribution is 2.29. The number of aromatic nitrogens is 2. The van der Waals surface area contributed by atoms with Gasteiger partial charge in [0.25, 0.3) is 5.91 Å². The Balaban J connectivity index is 1.81. The molecule has 136 valence electrons. The third-order valence-electron chi connectivity index (χ3n) is 4.47. The fraction of sp³-hybridized carbons (Fsp3) is 0.316. The van der Waals surface area contributed by atoms with E-state index in [1.165, 1.54) is 6.08 Å². The number of hydrogen-bond acceptors (Lipinski definition) is 3. The molecule has 6 nitrogen and oxygen atoms in total. The van der Waals surface area contributed by atoms with Crippen LogP contribution in [0.3, 0.4) is 0 Å². The van der Waals surface area contributed by atoms with Crippen molar-refractivity contribution in [3.8, 4) is 0 Å². The van der Waals surface area contributed by atoms with Crippen molar-refractivity contribution in [3.05, 3.63) is 58.9 Å². The molecule has 3 rings (SSSR count). The van der Waals surface area contributed by atoms with Crippen LogP contribution in [0.1, 0.15) is 28.0 Å². The number of carbonyl (C=O) groups excluding carboxylic acids is 2. The van der Waals surface area contributed by atoms with Gasteiger partial charge in [-0.25, -0.2) is 0 Å². The van der Waals surface area contributed by atoms with Crippen molar-refractivity contribution in [2.75, 3.05) is 18.5 Å².